The Labute approximate surface area is 107 Å². The summed E-state index contributed by atoms with van der Waals surface area (Å²) in [4.78, 5) is 4.34. The molecule has 0 bridgehead atoms. The molecule has 0 aliphatic heterocycles. The van der Waals surface area contributed by atoms with Crippen LogP contribution in [0.15, 0.2) is 24.3 Å². The van der Waals surface area contributed by atoms with Gasteiger partial charge in [0.05, 0.1) is 11.4 Å². The molecule has 0 spiro atoms. The third-order valence-corrected chi connectivity index (χ3v) is 2.87. The number of hydrogen-bond acceptors (Lipinski definition) is 4. The van der Waals surface area contributed by atoms with Gasteiger partial charge in [0.25, 0.3) is 0 Å². The van der Waals surface area contributed by atoms with E-state index in [0.717, 1.165) is 24.4 Å². The number of nitrogens with one attached hydrogen (secondary N) is 1. The molecule has 0 radical (unpaired) electrons. The van der Waals surface area contributed by atoms with Crippen molar-refractivity contribution in [2.24, 2.45) is 0 Å². The predicted octanol–water partition coefficient (Wildman–Crippen LogP) is 2.45. The maximum Gasteiger partial charge on any atom is 0.242 e. The minimum absolute atomic E-state index is 0.603. The maximum atomic E-state index is 4.34. The lowest BCUT2D eigenvalue weighted by molar-refractivity contribution is 0.877. The topological polar surface area (TPSA) is 50.7 Å². The summed E-state index contributed by atoms with van der Waals surface area (Å²) in [6.45, 7) is 6.77. The Bertz CT molecular complexity index is 537. The SMILES string of the molecule is Cc1cccc(CCNc2nnc(C)c(C)n2)c1. The normalized spacial score (nSPS) is 10.4. The van der Waals surface area contributed by atoms with E-state index in [1.54, 1.807) is 0 Å². The Balaban J connectivity index is 1.90. The highest BCUT2D eigenvalue weighted by molar-refractivity contribution is 5.27. The molecular weight excluding hydrogens is 224 g/mol. The van der Waals surface area contributed by atoms with E-state index in [-0.39, 0.29) is 0 Å². The quantitative estimate of drug-likeness (QED) is 0.894. The maximum absolute atomic E-state index is 4.34. The van der Waals surface area contributed by atoms with Gasteiger partial charge in [-0.15, -0.1) is 5.10 Å². The molecule has 0 aliphatic carbocycles. The molecule has 1 N–H and O–H groups in total. The predicted molar refractivity (Wildman–Crippen MR) is 72.7 cm³/mol. The molecule has 1 aromatic heterocycles. The van der Waals surface area contributed by atoms with E-state index >= 15 is 0 Å². The van der Waals surface area contributed by atoms with Crippen LogP contribution in [0.25, 0.3) is 0 Å². The molecule has 1 heterocycles. The average Bonchev–Trinajstić information content (AvgIpc) is 2.34. The van der Waals surface area contributed by atoms with Crippen LogP contribution < -0.4 is 5.32 Å². The molecular formula is C14H18N4. The lowest BCUT2D eigenvalue weighted by Gasteiger charge is -2.06. The fraction of sp³-hybridized carbons (Fsp3) is 0.357. The molecule has 2 aromatic rings. The highest BCUT2D eigenvalue weighted by atomic mass is 15.2. The second-order valence-corrected chi connectivity index (χ2v) is 4.47. The van der Waals surface area contributed by atoms with Crippen molar-refractivity contribution in [2.75, 3.05) is 11.9 Å². The van der Waals surface area contributed by atoms with Gasteiger partial charge in [-0.2, -0.15) is 5.10 Å². The van der Waals surface area contributed by atoms with Gasteiger partial charge in [-0.05, 0) is 32.8 Å². The fourth-order valence-electron chi connectivity index (χ4n) is 1.72. The number of nitrogens with zero attached hydrogens (tertiary/aromatic N) is 3. The van der Waals surface area contributed by atoms with Crippen LogP contribution in [-0.4, -0.2) is 21.7 Å². The van der Waals surface area contributed by atoms with Crippen LogP contribution in [0.2, 0.25) is 0 Å². The summed E-state index contributed by atoms with van der Waals surface area (Å²) in [7, 11) is 0. The van der Waals surface area contributed by atoms with E-state index in [0.29, 0.717) is 5.95 Å². The fourth-order valence-corrected chi connectivity index (χ4v) is 1.72. The summed E-state index contributed by atoms with van der Waals surface area (Å²) < 4.78 is 0. The monoisotopic (exact) mass is 242 g/mol. The molecule has 0 atom stereocenters. The smallest absolute Gasteiger partial charge is 0.242 e. The zero-order valence-corrected chi connectivity index (χ0v) is 11.1. The van der Waals surface area contributed by atoms with Gasteiger partial charge in [0, 0.05) is 6.54 Å². The number of rotatable bonds is 4. The van der Waals surface area contributed by atoms with Crippen molar-refractivity contribution >= 4 is 5.95 Å². The molecule has 0 saturated carbocycles. The van der Waals surface area contributed by atoms with Crippen molar-refractivity contribution in [2.45, 2.75) is 27.2 Å². The number of anilines is 1. The first-order chi connectivity index (χ1) is 8.65. The Hall–Kier alpha value is -1.97. The Kier molecular flexibility index (Phi) is 3.87. The third kappa shape index (κ3) is 3.26. The van der Waals surface area contributed by atoms with Crippen molar-refractivity contribution in [1.29, 1.82) is 0 Å². The third-order valence-electron chi connectivity index (χ3n) is 2.87. The molecule has 0 aliphatic rings. The van der Waals surface area contributed by atoms with E-state index in [1.165, 1.54) is 11.1 Å². The molecule has 0 saturated heterocycles. The van der Waals surface area contributed by atoms with E-state index in [2.05, 4.69) is 51.7 Å². The summed E-state index contributed by atoms with van der Waals surface area (Å²) >= 11 is 0. The number of aromatic nitrogens is 3. The summed E-state index contributed by atoms with van der Waals surface area (Å²) in [5.74, 6) is 0.603. The van der Waals surface area contributed by atoms with Crippen LogP contribution in [0.4, 0.5) is 5.95 Å². The van der Waals surface area contributed by atoms with Crippen molar-refractivity contribution in [3.05, 3.63) is 46.8 Å². The molecule has 2 rings (SSSR count). The van der Waals surface area contributed by atoms with E-state index in [1.807, 2.05) is 13.8 Å². The van der Waals surface area contributed by atoms with Gasteiger partial charge < -0.3 is 5.32 Å². The minimum Gasteiger partial charge on any atom is -0.353 e. The molecule has 18 heavy (non-hydrogen) atoms. The zero-order chi connectivity index (χ0) is 13.0. The van der Waals surface area contributed by atoms with Gasteiger partial charge in [-0.1, -0.05) is 29.8 Å². The highest BCUT2D eigenvalue weighted by Crippen LogP contribution is 2.06. The summed E-state index contributed by atoms with van der Waals surface area (Å²) in [5.41, 5.74) is 4.40. The van der Waals surface area contributed by atoms with Gasteiger partial charge in [0.15, 0.2) is 0 Å². The Morgan fingerprint density at radius 3 is 2.61 bits per heavy atom. The highest BCUT2D eigenvalue weighted by Gasteiger charge is 2.00. The van der Waals surface area contributed by atoms with Gasteiger partial charge in [0.2, 0.25) is 5.95 Å². The molecule has 4 heteroatoms. The minimum atomic E-state index is 0.603. The van der Waals surface area contributed by atoms with Gasteiger partial charge in [-0.25, -0.2) is 4.98 Å². The van der Waals surface area contributed by atoms with Crippen molar-refractivity contribution < 1.29 is 0 Å². The number of aryl methyl sites for hydroxylation is 3. The lowest BCUT2D eigenvalue weighted by Crippen LogP contribution is -2.10. The average molecular weight is 242 g/mol. The molecule has 4 nitrogen and oxygen atoms in total. The first kappa shape index (κ1) is 12.5. The van der Waals surface area contributed by atoms with Crippen LogP contribution in [0.1, 0.15) is 22.5 Å². The van der Waals surface area contributed by atoms with E-state index in [4.69, 9.17) is 0 Å². The van der Waals surface area contributed by atoms with E-state index < -0.39 is 0 Å². The van der Waals surface area contributed by atoms with Crippen LogP contribution in [0, 0.1) is 20.8 Å². The standard InChI is InChI=1S/C14H18N4/c1-10-5-4-6-13(9-10)7-8-15-14-16-11(2)12(3)17-18-14/h4-6,9H,7-8H2,1-3H3,(H,15,16,18). The first-order valence-corrected chi connectivity index (χ1v) is 6.12. The molecule has 0 amide bonds. The van der Waals surface area contributed by atoms with Crippen molar-refractivity contribution in [1.82, 2.24) is 15.2 Å². The van der Waals surface area contributed by atoms with Crippen molar-refractivity contribution in [3.63, 3.8) is 0 Å². The molecule has 0 unspecified atom stereocenters. The van der Waals surface area contributed by atoms with Crippen LogP contribution in [-0.2, 0) is 6.42 Å². The summed E-state index contributed by atoms with van der Waals surface area (Å²) in [6.07, 6.45) is 0.956. The summed E-state index contributed by atoms with van der Waals surface area (Å²) in [5, 5.41) is 11.3. The Morgan fingerprint density at radius 2 is 1.89 bits per heavy atom. The number of benzene rings is 1. The summed E-state index contributed by atoms with van der Waals surface area (Å²) in [6, 6.07) is 8.52. The van der Waals surface area contributed by atoms with Crippen LogP contribution in [0.5, 0.6) is 0 Å². The zero-order valence-electron chi connectivity index (χ0n) is 11.1. The number of hydrogen-bond donors (Lipinski definition) is 1. The second kappa shape index (κ2) is 5.58. The van der Waals surface area contributed by atoms with Crippen molar-refractivity contribution in [3.8, 4) is 0 Å². The van der Waals surface area contributed by atoms with Gasteiger partial charge >= 0.3 is 0 Å². The van der Waals surface area contributed by atoms with Crippen LogP contribution in [0.3, 0.4) is 0 Å². The molecule has 94 valence electrons. The first-order valence-electron chi connectivity index (χ1n) is 6.12. The lowest BCUT2D eigenvalue weighted by atomic mass is 10.1. The largest absolute Gasteiger partial charge is 0.353 e. The van der Waals surface area contributed by atoms with E-state index in [9.17, 15) is 0 Å². The second-order valence-electron chi connectivity index (χ2n) is 4.47. The molecule has 1 aromatic carbocycles. The van der Waals surface area contributed by atoms with Gasteiger partial charge in [-0.3, -0.25) is 0 Å². The Morgan fingerprint density at radius 1 is 1.06 bits per heavy atom. The van der Waals surface area contributed by atoms with Gasteiger partial charge in [0.1, 0.15) is 0 Å². The van der Waals surface area contributed by atoms with Crippen LogP contribution >= 0.6 is 0 Å². The molecule has 0 fully saturated rings.